The molecule has 0 spiro atoms. The fraction of sp³-hybridized carbons (Fsp3) is 0.0667. The molecule has 18 heavy (non-hydrogen) atoms. The van der Waals surface area contributed by atoms with Crippen LogP contribution in [0.5, 0.6) is 0 Å². The van der Waals surface area contributed by atoms with E-state index in [2.05, 4.69) is 11.8 Å². The summed E-state index contributed by atoms with van der Waals surface area (Å²) in [5.74, 6) is 4.25. The highest BCUT2D eigenvalue weighted by Gasteiger charge is 2.04. The minimum absolute atomic E-state index is 0.177. The third-order valence-corrected chi connectivity index (χ3v) is 2.48. The van der Waals surface area contributed by atoms with Crippen LogP contribution in [0.3, 0.4) is 0 Å². The molecule has 3 heteroatoms. The van der Waals surface area contributed by atoms with Crippen LogP contribution in [0, 0.1) is 30.4 Å². The summed E-state index contributed by atoms with van der Waals surface area (Å²) in [7, 11) is 0. The van der Waals surface area contributed by atoms with E-state index in [-0.39, 0.29) is 5.56 Å². The first-order chi connectivity index (χ1) is 8.56. The van der Waals surface area contributed by atoms with Crippen molar-refractivity contribution in [2.45, 2.75) is 6.92 Å². The van der Waals surface area contributed by atoms with Crippen LogP contribution in [0.2, 0.25) is 0 Å². The van der Waals surface area contributed by atoms with Crippen molar-refractivity contribution < 1.29 is 8.78 Å². The first-order valence-corrected chi connectivity index (χ1v) is 5.39. The highest BCUT2D eigenvalue weighted by molar-refractivity contribution is 5.50. The normalized spacial score (nSPS) is 9.72. The monoisotopic (exact) mass is 243 g/mol. The summed E-state index contributed by atoms with van der Waals surface area (Å²) in [5, 5.41) is 0. The zero-order valence-electron chi connectivity index (χ0n) is 9.80. The molecule has 2 N–H and O–H groups in total. The van der Waals surface area contributed by atoms with E-state index < -0.39 is 11.6 Å². The number of halogens is 2. The van der Waals surface area contributed by atoms with Crippen LogP contribution in [-0.4, -0.2) is 0 Å². The SMILES string of the molecule is Cc1cc(C#Cc2cccc(N)c2)c(F)cc1F. The van der Waals surface area contributed by atoms with Gasteiger partial charge in [-0.15, -0.1) is 0 Å². The van der Waals surface area contributed by atoms with Crippen LogP contribution >= 0.6 is 0 Å². The van der Waals surface area contributed by atoms with Gasteiger partial charge in [0.15, 0.2) is 0 Å². The Morgan fingerprint density at radius 1 is 1.00 bits per heavy atom. The Labute approximate surface area is 104 Å². The van der Waals surface area contributed by atoms with E-state index in [0.29, 0.717) is 16.8 Å². The standard InChI is InChI=1S/C15H11F2N/c1-10-7-12(15(17)9-14(10)16)6-5-11-3-2-4-13(18)8-11/h2-4,7-9H,18H2,1H3. The van der Waals surface area contributed by atoms with Gasteiger partial charge >= 0.3 is 0 Å². The molecule has 0 aliphatic rings. The molecule has 0 saturated carbocycles. The molecule has 2 aromatic carbocycles. The second kappa shape index (κ2) is 4.89. The highest BCUT2D eigenvalue weighted by Crippen LogP contribution is 2.13. The molecule has 0 aliphatic heterocycles. The van der Waals surface area contributed by atoms with Gasteiger partial charge in [0.2, 0.25) is 0 Å². The van der Waals surface area contributed by atoms with Gasteiger partial charge in [-0.1, -0.05) is 17.9 Å². The third-order valence-electron chi connectivity index (χ3n) is 2.48. The van der Waals surface area contributed by atoms with E-state index in [4.69, 9.17) is 5.73 Å². The van der Waals surface area contributed by atoms with E-state index >= 15 is 0 Å². The molecule has 2 aromatic rings. The molecular weight excluding hydrogens is 232 g/mol. The molecule has 0 bridgehead atoms. The van der Waals surface area contributed by atoms with Gasteiger partial charge in [-0.05, 0) is 36.8 Å². The topological polar surface area (TPSA) is 26.0 Å². The molecule has 0 atom stereocenters. The van der Waals surface area contributed by atoms with Gasteiger partial charge in [0, 0.05) is 17.3 Å². The first kappa shape index (κ1) is 12.1. The average molecular weight is 243 g/mol. The van der Waals surface area contributed by atoms with E-state index in [1.165, 1.54) is 6.07 Å². The Morgan fingerprint density at radius 2 is 1.78 bits per heavy atom. The molecule has 0 unspecified atom stereocenters. The maximum Gasteiger partial charge on any atom is 0.141 e. The van der Waals surface area contributed by atoms with Crippen molar-refractivity contribution in [2.24, 2.45) is 0 Å². The fourth-order valence-corrected chi connectivity index (χ4v) is 1.51. The van der Waals surface area contributed by atoms with Gasteiger partial charge in [0.1, 0.15) is 11.6 Å². The van der Waals surface area contributed by atoms with Crippen LogP contribution in [0.1, 0.15) is 16.7 Å². The summed E-state index contributed by atoms with van der Waals surface area (Å²) in [4.78, 5) is 0. The number of benzene rings is 2. The van der Waals surface area contributed by atoms with E-state index in [9.17, 15) is 8.78 Å². The molecule has 1 nitrogen and oxygen atoms in total. The van der Waals surface area contributed by atoms with Crippen LogP contribution in [0.25, 0.3) is 0 Å². The Kier molecular flexibility index (Phi) is 3.29. The molecule has 0 aromatic heterocycles. The second-order valence-corrected chi connectivity index (χ2v) is 3.96. The summed E-state index contributed by atoms with van der Waals surface area (Å²) in [6.45, 7) is 1.57. The van der Waals surface area contributed by atoms with E-state index in [1.807, 2.05) is 0 Å². The number of rotatable bonds is 0. The molecule has 2 rings (SSSR count). The van der Waals surface area contributed by atoms with Crippen molar-refractivity contribution >= 4 is 5.69 Å². The van der Waals surface area contributed by atoms with Gasteiger partial charge in [0.05, 0.1) is 5.56 Å². The zero-order chi connectivity index (χ0) is 13.1. The fourth-order valence-electron chi connectivity index (χ4n) is 1.51. The van der Waals surface area contributed by atoms with Crippen LogP contribution in [0.15, 0.2) is 36.4 Å². The largest absolute Gasteiger partial charge is 0.399 e. The van der Waals surface area contributed by atoms with Crippen molar-refractivity contribution in [1.29, 1.82) is 0 Å². The lowest BCUT2D eigenvalue weighted by atomic mass is 10.1. The van der Waals surface area contributed by atoms with Crippen molar-refractivity contribution in [3.63, 3.8) is 0 Å². The molecule has 0 radical (unpaired) electrons. The predicted molar refractivity (Wildman–Crippen MR) is 67.9 cm³/mol. The Balaban J connectivity index is 2.38. The van der Waals surface area contributed by atoms with Gasteiger partial charge in [0.25, 0.3) is 0 Å². The number of hydrogen-bond donors (Lipinski definition) is 1. The minimum Gasteiger partial charge on any atom is -0.399 e. The molecule has 0 heterocycles. The molecule has 0 fully saturated rings. The minimum atomic E-state index is -0.658. The maximum atomic E-state index is 13.4. The molecule has 0 aliphatic carbocycles. The Hall–Kier alpha value is -2.34. The van der Waals surface area contributed by atoms with E-state index in [0.717, 1.165) is 6.07 Å². The van der Waals surface area contributed by atoms with Crippen molar-refractivity contribution in [2.75, 3.05) is 5.73 Å². The highest BCUT2D eigenvalue weighted by atomic mass is 19.1. The number of anilines is 1. The summed E-state index contributed by atoms with van der Waals surface area (Å²) in [5.41, 5.74) is 7.44. The predicted octanol–water partition coefficient (Wildman–Crippen LogP) is 3.26. The number of hydrogen-bond acceptors (Lipinski definition) is 1. The van der Waals surface area contributed by atoms with Crippen LogP contribution in [-0.2, 0) is 0 Å². The summed E-state index contributed by atoms with van der Waals surface area (Å²) in [6.07, 6.45) is 0. The van der Waals surface area contributed by atoms with Crippen molar-refractivity contribution in [3.05, 3.63) is 64.7 Å². The Morgan fingerprint density at radius 3 is 2.50 bits per heavy atom. The van der Waals surface area contributed by atoms with E-state index in [1.54, 1.807) is 31.2 Å². The third kappa shape index (κ3) is 2.67. The first-order valence-electron chi connectivity index (χ1n) is 5.39. The number of aryl methyl sites for hydroxylation is 1. The van der Waals surface area contributed by atoms with Crippen LogP contribution < -0.4 is 5.73 Å². The molecule has 0 amide bonds. The number of nitrogens with two attached hydrogens (primary N) is 1. The molecule has 90 valence electrons. The van der Waals surface area contributed by atoms with Crippen molar-refractivity contribution in [3.8, 4) is 11.8 Å². The zero-order valence-corrected chi connectivity index (χ0v) is 9.80. The Bertz CT molecular complexity index is 651. The van der Waals surface area contributed by atoms with Crippen LogP contribution in [0.4, 0.5) is 14.5 Å². The van der Waals surface area contributed by atoms with Gasteiger partial charge < -0.3 is 5.73 Å². The number of nitrogen functional groups attached to an aromatic ring is 1. The maximum absolute atomic E-state index is 13.4. The summed E-state index contributed by atoms with van der Waals surface area (Å²) < 4.78 is 26.5. The quantitative estimate of drug-likeness (QED) is 0.558. The van der Waals surface area contributed by atoms with Gasteiger partial charge in [-0.2, -0.15) is 0 Å². The average Bonchev–Trinajstić information content (AvgIpc) is 2.32. The second-order valence-electron chi connectivity index (χ2n) is 3.96. The van der Waals surface area contributed by atoms with Gasteiger partial charge in [-0.25, -0.2) is 8.78 Å². The lowest BCUT2D eigenvalue weighted by Gasteiger charge is -1.99. The summed E-state index contributed by atoms with van der Waals surface area (Å²) in [6, 6.07) is 9.22. The lowest BCUT2D eigenvalue weighted by Crippen LogP contribution is -1.90. The summed E-state index contributed by atoms with van der Waals surface area (Å²) >= 11 is 0. The molecular formula is C15H11F2N. The van der Waals surface area contributed by atoms with Gasteiger partial charge in [-0.3, -0.25) is 0 Å². The smallest absolute Gasteiger partial charge is 0.141 e. The lowest BCUT2D eigenvalue weighted by molar-refractivity contribution is 0.575. The van der Waals surface area contributed by atoms with Crippen molar-refractivity contribution in [1.82, 2.24) is 0 Å². The molecule has 0 saturated heterocycles.